The lowest BCUT2D eigenvalue weighted by molar-refractivity contribution is 0.0746. The first-order chi connectivity index (χ1) is 14.5. The number of piperazine rings is 1. The quantitative estimate of drug-likeness (QED) is 0.686. The van der Waals surface area contributed by atoms with Crippen LogP contribution in [-0.2, 0) is 0 Å². The zero-order chi connectivity index (χ0) is 21.1. The number of aryl methyl sites for hydroxylation is 1. The SMILES string of the molecule is Cc1ccnc(Nc2cc(N3CCN(C(=O)c4ccc(F)cc4Cl)CC3)ncn2)c1. The van der Waals surface area contributed by atoms with Gasteiger partial charge in [0.2, 0.25) is 0 Å². The number of nitrogens with zero attached hydrogens (tertiary/aromatic N) is 5. The zero-order valence-electron chi connectivity index (χ0n) is 16.3. The fourth-order valence-electron chi connectivity index (χ4n) is 3.30. The number of amides is 1. The van der Waals surface area contributed by atoms with Crippen molar-refractivity contribution in [3.8, 4) is 0 Å². The molecule has 3 heterocycles. The van der Waals surface area contributed by atoms with Gasteiger partial charge < -0.3 is 15.1 Å². The number of rotatable bonds is 4. The van der Waals surface area contributed by atoms with Gasteiger partial charge in [-0.15, -0.1) is 0 Å². The minimum absolute atomic E-state index is 0.124. The molecule has 1 amide bonds. The molecular weight excluding hydrogens is 407 g/mol. The van der Waals surface area contributed by atoms with Crippen molar-refractivity contribution in [2.24, 2.45) is 0 Å². The highest BCUT2D eigenvalue weighted by Gasteiger charge is 2.24. The van der Waals surface area contributed by atoms with Crippen LogP contribution in [0, 0.1) is 12.7 Å². The normalized spacial score (nSPS) is 14.0. The Kier molecular flexibility index (Phi) is 5.76. The molecule has 1 saturated heterocycles. The molecule has 0 bridgehead atoms. The summed E-state index contributed by atoms with van der Waals surface area (Å²) in [5.41, 5.74) is 1.41. The first-order valence-corrected chi connectivity index (χ1v) is 9.88. The third-order valence-corrected chi connectivity index (χ3v) is 5.19. The number of carbonyl (C=O) groups is 1. The van der Waals surface area contributed by atoms with Crippen LogP contribution in [0.15, 0.2) is 48.9 Å². The lowest BCUT2D eigenvalue weighted by atomic mass is 10.1. The van der Waals surface area contributed by atoms with Crippen molar-refractivity contribution in [2.45, 2.75) is 6.92 Å². The summed E-state index contributed by atoms with van der Waals surface area (Å²) >= 11 is 6.03. The minimum atomic E-state index is -0.463. The summed E-state index contributed by atoms with van der Waals surface area (Å²) in [7, 11) is 0. The van der Waals surface area contributed by atoms with E-state index in [-0.39, 0.29) is 10.9 Å². The largest absolute Gasteiger partial charge is 0.353 e. The molecule has 4 rings (SSSR count). The summed E-state index contributed by atoms with van der Waals surface area (Å²) in [5.74, 6) is 1.47. The first-order valence-electron chi connectivity index (χ1n) is 9.50. The van der Waals surface area contributed by atoms with Gasteiger partial charge in [0.25, 0.3) is 5.91 Å². The van der Waals surface area contributed by atoms with E-state index in [0.29, 0.717) is 43.4 Å². The van der Waals surface area contributed by atoms with Crippen molar-refractivity contribution >= 4 is 35.0 Å². The average Bonchev–Trinajstić information content (AvgIpc) is 2.74. The van der Waals surface area contributed by atoms with Gasteiger partial charge in [0, 0.05) is 38.4 Å². The summed E-state index contributed by atoms with van der Waals surface area (Å²) in [6.45, 7) is 4.25. The number of benzene rings is 1. The van der Waals surface area contributed by atoms with Gasteiger partial charge in [0.05, 0.1) is 10.6 Å². The van der Waals surface area contributed by atoms with Crippen LogP contribution in [-0.4, -0.2) is 51.9 Å². The lowest BCUT2D eigenvalue weighted by Gasteiger charge is -2.35. The maximum Gasteiger partial charge on any atom is 0.255 e. The van der Waals surface area contributed by atoms with Crippen LogP contribution in [0.1, 0.15) is 15.9 Å². The van der Waals surface area contributed by atoms with Crippen LogP contribution in [0.2, 0.25) is 5.02 Å². The van der Waals surface area contributed by atoms with Crippen LogP contribution in [0.25, 0.3) is 0 Å². The van der Waals surface area contributed by atoms with E-state index in [2.05, 4.69) is 25.2 Å². The maximum absolute atomic E-state index is 13.2. The van der Waals surface area contributed by atoms with E-state index in [9.17, 15) is 9.18 Å². The molecule has 1 fully saturated rings. The third-order valence-electron chi connectivity index (χ3n) is 4.88. The Bertz CT molecular complexity index is 1070. The highest BCUT2D eigenvalue weighted by Crippen LogP contribution is 2.22. The number of hydrogen-bond acceptors (Lipinski definition) is 6. The molecule has 0 saturated carbocycles. The van der Waals surface area contributed by atoms with E-state index in [0.717, 1.165) is 17.4 Å². The van der Waals surface area contributed by atoms with Gasteiger partial charge in [-0.1, -0.05) is 11.6 Å². The molecule has 1 N–H and O–H groups in total. The van der Waals surface area contributed by atoms with Crippen molar-refractivity contribution in [1.29, 1.82) is 0 Å². The van der Waals surface area contributed by atoms with Gasteiger partial charge >= 0.3 is 0 Å². The van der Waals surface area contributed by atoms with E-state index >= 15 is 0 Å². The first kappa shape index (κ1) is 20.0. The smallest absolute Gasteiger partial charge is 0.255 e. The molecule has 1 aliphatic heterocycles. The van der Waals surface area contributed by atoms with Crippen LogP contribution < -0.4 is 10.2 Å². The standard InChI is InChI=1S/C21H20ClFN6O/c1-14-4-5-24-18(10-14)27-19-12-20(26-13-25-19)28-6-8-29(9-7-28)21(30)16-3-2-15(23)11-17(16)22/h2-5,10-13H,6-9H2,1H3,(H,24,25,26,27). The Morgan fingerprint density at radius 1 is 1.03 bits per heavy atom. The summed E-state index contributed by atoms with van der Waals surface area (Å²) in [4.78, 5) is 29.4. The van der Waals surface area contributed by atoms with Crippen molar-refractivity contribution in [3.05, 3.63) is 70.9 Å². The fraction of sp³-hybridized carbons (Fsp3) is 0.238. The second kappa shape index (κ2) is 8.62. The molecule has 0 spiro atoms. The summed E-state index contributed by atoms with van der Waals surface area (Å²) in [6.07, 6.45) is 3.24. The number of carbonyl (C=O) groups excluding carboxylic acids is 1. The topological polar surface area (TPSA) is 74.2 Å². The lowest BCUT2D eigenvalue weighted by Crippen LogP contribution is -2.49. The molecule has 0 aliphatic carbocycles. The Morgan fingerprint density at radius 2 is 1.80 bits per heavy atom. The Hall–Kier alpha value is -3.26. The van der Waals surface area contributed by atoms with Gasteiger partial charge in [0.15, 0.2) is 0 Å². The Morgan fingerprint density at radius 3 is 2.53 bits per heavy atom. The van der Waals surface area contributed by atoms with Gasteiger partial charge in [-0.3, -0.25) is 4.79 Å². The molecule has 0 radical (unpaired) electrons. The maximum atomic E-state index is 13.2. The zero-order valence-corrected chi connectivity index (χ0v) is 17.1. The van der Waals surface area contributed by atoms with Crippen LogP contribution in [0.3, 0.4) is 0 Å². The Balaban J connectivity index is 1.41. The number of hydrogen-bond donors (Lipinski definition) is 1. The van der Waals surface area contributed by atoms with E-state index in [4.69, 9.17) is 11.6 Å². The third kappa shape index (κ3) is 4.49. The van der Waals surface area contributed by atoms with E-state index < -0.39 is 5.82 Å². The molecule has 1 aromatic carbocycles. The molecule has 2 aromatic heterocycles. The van der Waals surface area contributed by atoms with Gasteiger partial charge in [-0.25, -0.2) is 19.3 Å². The number of anilines is 3. The molecule has 7 nitrogen and oxygen atoms in total. The van der Waals surface area contributed by atoms with Crippen molar-refractivity contribution in [2.75, 3.05) is 36.4 Å². The molecule has 9 heteroatoms. The van der Waals surface area contributed by atoms with E-state index in [1.54, 1.807) is 11.1 Å². The minimum Gasteiger partial charge on any atom is -0.353 e. The molecule has 0 unspecified atom stereocenters. The number of nitrogens with one attached hydrogen (secondary N) is 1. The monoisotopic (exact) mass is 426 g/mol. The predicted octanol–water partition coefficient (Wildman–Crippen LogP) is 3.68. The predicted molar refractivity (Wildman–Crippen MR) is 114 cm³/mol. The fourth-order valence-corrected chi connectivity index (χ4v) is 3.54. The molecule has 154 valence electrons. The van der Waals surface area contributed by atoms with Crippen molar-refractivity contribution in [1.82, 2.24) is 19.9 Å². The number of halogens is 2. The van der Waals surface area contributed by atoms with Crippen molar-refractivity contribution < 1.29 is 9.18 Å². The second-order valence-electron chi connectivity index (χ2n) is 7.01. The number of aromatic nitrogens is 3. The molecule has 30 heavy (non-hydrogen) atoms. The number of pyridine rings is 1. The molecular formula is C21H20ClFN6O. The van der Waals surface area contributed by atoms with E-state index in [1.165, 1.54) is 18.5 Å². The highest BCUT2D eigenvalue weighted by molar-refractivity contribution is 6.33. The Labute approximate surface area is 178 Å². The van der Waals surface area contributed by atoms with Crippen molar-refractivity contribution in [3.63, 3.8) is 0 Å². The highest BCUT2D eigenvalue weighted by atomic mass is 35.5. The summed E-state index contributed by atoms with van der Waals surface area (Å²) < 4.78 is 13.2. The van der Waals surface area contributed by atoms with Crippen LogP contribution in [0.5, 0.6) is 0 Å². The summed E-state index contributed by atoms with van der Waals surface area (Å²) in [6, 6.07) is 9.55. The van der Waals surface area contributed by atoms with Gasteiger partial charge in [0.1, 0.15) is 29.6 Å². The molecule has 3 aromatic rings. The second-order valence-corrected chi connectivity index (χ2v) is 7.42. The van der Waals surface area contributed by atoms with Gasteiger partial charge in [-0.05, 0) is 42.8 Å². The molecule has 0 atom stereocenters. The molecule has 1 aliphatic rings. The van der Waals surface area contributed by atoms with Gasteiger partial charge in [-0.2, -0.15) is 0 Å². The van der Waals surface area contributed by atoms with E-state index in [1.807, 2.05) is 25.1 Å². The van der Waals surface area contributed by atoms with Crippen LogP contribution in [0.4, 0.5) is 21.8 Å². The summed E-state index contributed by atoms with van der Waals surface area (Å²) in [5, 5.41) is 3.31. The average molecular weight is 427 g/mol. The van der Waals surface area contributed by atoms with Crippen LogP contribution >= 0.6 is 11.6 Å².